The highest BCUT2D eigenvalue weighted by molar-refractivity contribution is 6.04. The van der Waals surface area contributed by atoms with Gasteiger partial charge in [0.1, 0.15) is 17.4 Å². The molecule has 3 heterocycles. The Labute approximate surface area is 214 Å². The van der Waals surface area contributed by atoms with Gasteiger partial charge >= 0.3 is 5.97 Å². The molecule has 9 heteroatoms. The van der Waals surface area contributed by atoms with Crippen LogP contribution in [0.25, 0.3) is 0 Å². The number of anilines is 1. The molecule has 194 valence electrons. The number of amides is 2. The largest absolute Gasteiger partial charge is 0.497 e. The highest BCUT2D eigenvalue weighted by atomic mass is 16.5. The Hall–Kier alpha value is -3.69. The first-order chi connectivity index (χ1) is 17.9. The van der Waals surface area contributed by atoms with Crippen molar-refractivity contribution in [3.63, 3.8) is 0 Å². The number of aliphatic hydroxyl groups excluding tert-OH is 1. The number of aliphatic carboxylic acids is 1. The van der Waals surface area contributed by atoms with E-state index in [1.165, 1.54) is 9.80 Å². The van der Waals surface area contributed by atoms with Crippen LogP contribution in [0.3, 0.4) is 0 Å². The van der Waals surface area contributed by atoms with Crippen molar-refractivity contribution < 1.29 is 34.1 Å². The zero-order chi connectivity index (χ0) is 26.3. The summed E-state index contributed by atoms with van der Waals surface area (Å²) in [6.45, 7) is 3.52. The molecule has 6 atom stereocenters. The number of carbonyl (C=O) groups is 3. The van der Waals surface area contributed by atoms with Gasteiger partial charge in [-0.3, -0.25) is 14.4 Å². The average molecular weight is 507 g/mol. The van der Waals surface area contributed by atoms with Gasteiger partial charge in [-0.05, 0) is 42.7 Å². The van der Waals surface area contributed by atoms with E-state index in [0.29, 0.717) is 29.8 Å². The number of aliphatic hydroxyl groups is 1. The Morgan fingerprint density at radius 1 is 1.24 bits per heavy atom. The number of likely N-dealkylation sites (tertiary alicyclic amines) is 1. The number of nitrogens with zero attached hydrogens (tertiary/aromatic N) is 2. The molecule has 0 aliphatic carbocycles. The van der Waals surface area contributed by atoms with E-state index in [0.717, 1.165) is 0 Å². The highest BCUT2D eigenvalue weighted by Crippen LogP contribution is 2.60. The van der Waals surface area contributed by atoms with Crippen LogP contribution in [0.2, 0.25) is 0 Å². The normalized spacial score (nSPS) is 28.6. The van der Waals surface area contributed by atoms with Gasteiger partial charge in [0, 0.05) is 12.2 Å². The maximum absolute atomic E-state index is 14.4. The average Bonchev–Trinajstić information content (AvgIpc) is 3.56. The van der Waals surface area contributed by atoms with E-state index in [4.69, 9.17) is 9.47 Å². The molecule has 2 amide bonds. The Morgan fingerprint density at radius 2 is 1.95 bits per heavy atom. The van der Waals surface area contributed by atoms with Crippen molar-refractivity contribution in [1.82, 2.24) is 4.90 Å². The first kappa shape index (κ1) is 25.0. The zero-order valence-corrected chi connectivity index (χ0v) is 20.5. The molecular formula is C28H30N2O7. The summed E-state index contributed by atoms with van der Waals surface area (Å²) < 4.78 is 11.6. The monoisotopic (exact) mass is 506 g/mol. The molecule has 3 fully saturated rings. The van der Waals surface area contributed by atoms with Crippen LogP contribution in [0.4, 0.5) is 5.69 Å². The number of hydrogen-bond donors (Lipinski definition) is 2. The minimum atomic E-state index is -1.30. The molecule has 2 unspecified atom stereocenters. The quantitative estimate of drug-likeness (QED) is 0.502. The molecule has 3 aliphatic heterocycles. The van der Waals surface area contributed by atoms with Crippen molar-refractivity contribution >= 4 is 23.5 Å². The van der Waals surface area contributed by atoms with Crippen LogP contribution >= 0.6 is 0 Å². The molecule has 5 rings (SSSR count). The molecule has 2 N–H and O–H groups in total. The van der Waals surface area contributed by atoms with Gasteiger partial charge in [-0.2, -0.15) is 0 Å². The molecule has 0 saturated carbocycles. The maximum atomic E-state index is 14.4. The number of benzene rings is 2. The maximum Gasteiger partial charge on any atom is 0.310 e. The van der Waals surface area contributed by atoms with E-state index < -0.39 is 60.0 Å². The third kappa shape index (κ3) is 3.81. The van der Waals surface area contributed by atoms with Gasteiger partial charge in [0.15, 0.2) is 0 Å². The smallest absolute Gasteiger partial charge is 0.310 e. The molecule has 1 spiro atoms. The summed E-state index contributed by atoms with van der Waals surface area (Å²) in [7, 11) is 1.55. The second-order valence-corrected chi connectivity index (χ2v) is 9.68. The molecule has 3 aliphatic rings. The Bertz CT molecular complexity index is 1200. The predicted molar refractivity (Wildman–Crippen MR) is 134 cm³/mol. The number of rotatable bonds is 9. The Kier molecular flexibility index (Phi) is 6.51. The standard InChI is InChI=1S/C28H30N2O7/c1-3-15-29(18-9-11-19(36-2)12-10-18)26(33)24-28-14-13-21(37-28)22(27(34)35)23(28)25(32)30(24)20(16-31)17-7-5-4-6-8-17/h3-12,20-24,31H,1,13-16H2,2H3,(H,34,35)/t20-,21+,22-,23+,24?,28?/m1/s1. The van der Waals surface area contributed by atoms with Gasteiger partial charge in [0.05, 0.1) is 37.7 Å². The topological polar surface area (TPSA) is 117 Å². The minimum absolute atomic E-state index is 0.158. The van der Waals surface area contributed by atoms with Gasteiger partial charge in [0.2, 0.25) is 5.91 Å². The minimum Gasteiger partial charge on any atom is -0.497 e. The van der Waals surface area contributed by atoms with Crippen molar-refractivity contribution in [2.75, 3.05) is 25.2 Å². The summed E-state index contributed by atoms with van der Waals surface area (Å²) in [5.41, 5.74) is -0.0788. The SMILES string of the molecule is C=CCN(C(=O)C1N([C@H](CO)c2ccccc2)C(=O)[C@@H]2[C@H](C(=O)O)[C@@H]3CCC12O3)c1ccc(OC)cc1. The molecule has 2 bridgehead atoms. The molecular weight excluding hydrogens is 476 g/mol. The fourth-order valence-electron chi connectivity index (χ4n) is 6.38. The van der Waals surface area contributed by atoms with E-state index in [1.54, 1.807) is 61.7 Å². The van der Waals surface area contributed by atoms with Gasteiger partial charge in [-0.1, -0.05) is 36.4 Å². The number of methoxy groups -OCH3 is 1. The first-order valence-electron chi connectivity index (χ1n) is 12.3. The van der Waals surface area contributed by atoms with E-state index in [2.05, 4.69) is 6.58 Å². The highest BCUT2D eigenvalue weighted by Gasteiger charge is 2.75. The van der Waals surface area contributed by atoms with Crippen LogP contribution in [0.1, 0.15) is 24.4 Å². The van der Waals surface area contributed by atoms with E-state index in [1.807, 2.05) is 6.07 Å². The summed E-state index contributed by atoms with van der Waals surface area (Å²) in [4.78, 5) is 43.6. The van der Waals surface area contributed by atoms with E-state index in [9.17, 15) is 24.6 Å². The van der Waals surface area contributed by atoms with Crippen LogP contribution in [0.5, 0.6) is 5.75 Å². The fraction of sp³-hybridized carbons (Fsp3) is 0.393. The first-order valence-corrected chi connectivity index (χ1v) is 12.3. The molecule has 3 saturated heterocycles. The lowest BCUT2D eigenvalue weighted by Crippen LogP contribution is -2.57. The summed E-state index contributed by atoms with van der Waals surface area (Å²) in [5, 5.41) is 20.5. The van der Waals surface area contributed by atoms with E-state index >= 15 is 0 Å². The van der Waals surface area contributed by atoms with Gasteiger partial charge < -0.3 is 29.5 Å². The van der Waals surface area contributed by atoms with Crippen molar-refractivity contribution in [3.05, 3.63) is 72.8 Å². The fourth-order valence-corrected chi connectivity index (χ4v) is 6.38. The summed E-state index contributed by atoms with van der Waals surface area (Å²) >= 11 is 0. The third-order valence-electron chi connectivity index (χ3n) is 7.91. The van der Waals surface area contributed by atoms with Gasteiger partial charge in [-0.25, -0.2) is 0 Å². The van der Waals surface area contributed by atoms with Crippen LogP contribution < -0.4 is 9.64 Å². The summed E-state index contributed by atoms with van der Waals surface area (Å²) in [6, 6.07) is 13.9. The van der Waals surface area contributed by atoms with Crippen molar-refractivity contribution in [2.24, 2.45) is 11.8 Å². The molecule has 2 aromatic carbocycles. The van der Waals surface area contributed by atoms with Crippen LogP contribution in [0.15, 0.2) is 67.3 Å². The second kappa shape index (κ2) is 9.64. The van der Waals surface area contributed by atoms with Crippen molar-refractivity contribution in [3.8, 4) is 5.75 Å². The Morgan fingerprint density at radius 3 is 2.54 bits per heavy atom. The van der Waals surface area contributed by atoms with Crippen LogP contribution in [-0.2, 0) is 19.1 Å². The lowest BCUT2D eigenvalue weighted by molar-refractivity contribution is -0.151. The number of carboxylic acid groups (broad SMARTS) is 1. The zero-order valence-electron chi connectivity index (χ0n) is 20.5. The number of carbonyl (C=O) groups excluding carboxylic acids is 2. The molecule has 0 radical (unpaired) electrons. The number of ether oxygens (including phenoxy) is 2. The third-order valence-corrected chi connectivity index (χ3v) is 7.91. The van der Waals surface area contributed by atoms with E-state index in [-0.39, 0.29) is 6.54 Å². The lowest BCUT2D eigenvalue weighted by Gasteiger charge is -2.39. The van der Waals surface area contributed by atoms with Crippen LogP contribution in [0, 0.1) is 11.8 Å². The molecule has 9 nitrogen and oxygen atoms in total. The Balaban J connectivity index is 1.63. The molecule has 0 aromatic heterocycles. The lowest BCUT2D eigenvalue weighted by atomic mass is 9.70. The van der Waals surface area contributed by atoms with Crippen LogP contribution in [-0.4, -0.2) is 70.9 Å². The number of carboxylic acids is 1. The molecule has 2 aromatic rings. The summed E-state index contributed by atoms with van der Waals surface area (Å²) in [5.74, 6) is -3.46. The van der Waals surface area contributed by atoms with Crippen molar-refractivity contribution in [1.29, 1.82) is 0 Å². The van der Waals surface area contributed by atoms with Crippen molar-refractivity contribution in [2.45, 2.75) is 36.6 Å². The van der Waals surface area contributed by atoms with Gasteiger partial charge in [-0.15, -0.1) is 6.58 Å². The number of hydrogen-bond acceptors (Lipinski definition) is 6. The van der Waals surface area contributed by atoms with Gasteiger partial charge in [0.25, 0.3) is 5.91 Å². The predicted octanol–water partition coefficient (Wildman–Crippen LogP) is 2.41. The number of fused-ring (bicyclic) bond motifs is 1. The second-order valence-electron chi connectivity index (χ2n) is 9.68. The summed E-state index contributed by atoms with van der Waals surface area (Å²) in [6.07, 6.45) is 1.77. The molecule has 37 heavy (non-hydrogen) atoms.